The quantitative estimate of drug-likeness (QED) is 0.362. The van der Waals surface area contributed by atoms with Gasteiger partial charge in [0.05, 0.1) is 5.69 Å². The van der Waals surface area contributed by atoms with Gasteiger partial charge >= 0.3 is 0 Å². The van der Waals surface area contributed by atoms with E-state index in [0.29, 0.717) is 17.7 Å². The van der Waals surface area contributed by atoms with Gasteiger partial charge in [0, 0.05) is 40.3 Å². The smallest absolute Gasteiger partial charge is 0.195 e. The lowest BCUT2D eigenvalue weighted by Crippen LogP contribution is -2.04. The molecular formula is C17H14BrN5S2. The van der Waals surface area contributed by atoms with Gasteiger partial charge in [0.2, 0.25) is 0 Å². The second-order valence-corrected chi connectivity index (χ2v) is 7.67. The number of nitrogens with one attached hydrogen (secondary N) is 1. The fourth-order valence-electron chi connectivity index (χ4n) is 2.68. The van der Waals surface area contributed by atoms with Gasteiger partial charge in [0.25, 0.3) is 0 Å². The summed E-state index contributed by atoms with van der Waals surface area (Å²) in [7, 11) is 0. The summed E-state index contributed by atoms with van der Waals surface area (Å²) < 4.78 is 5.75. The van der Waals surface area contributed by atoms with Crippen LogP contribution in [0.4, 0.5) is 0 Å². The van der Waals surface area contributed by atoms with Gasteiger partial charge in [-0.3, -0.25) is 14.1 Å². The Labute approximate surface area is 161 Å². The van der Waals surface area contributed by atoms with Crippen LogP contribution < -0.4 is 0 Å². The van der Waals surface area contributed by atoms with Gasteiger partial charge in [-0.15, -0.1) is 17.9 Å². The summed E-state index contributed by atoms with van der Waals surface area (Å²) in [6.07, 6.45) is 4.57. The summed E-state index contributed by atoms with van der Waals surface area (Å²) in [5, 5.41) is 9.33. The molecule has 4 rings (SSSR count). The third-order valence-corrected chi connectivity index (χ3v) is 5.64. The number of hydrogen-bond acceptors (Lipinski definition) is 4. The van der Waals surface area contributed by atoms with Crippen molar-refractivity contribution in [2.24, 2.45) is 0 Å². The van der Waals surface area contributed by atoms with Crippen molar-refractivity contribution in [1.82, 2.24) is 24.1 Å². The Morgan fingerprint density at radius 2 is 2.12 bits per heavy atom. The van der Waals surface area contributed by atoms with Crippen LogP contribution in [0.1, 0.15) is 11.5 Å². The number of fused-ring (bicyclic) bond motifs is 1. The predicted molar refractivity (Wildman–Crippen MR) is 107 cm³/mol. The van der Waals surface area contributed by atoms with Crippen molar-refractivity contribution < 1.29 is 0 Å². The largest absolute Gasteiger partial charge is 0.300 e. The molecule has 0 aliphatic rings. The Kier molecular flexibility index (Phi) is 4.41. The summed E-state index contributed by atoms with van der Waals surface area (Å²) in [4.78, 5) is 5.70. The van der Waals surface area contributed by atoms with Crippen LogP contribution in [0.2, 0.25) is 0 Å². The minimum atomic E-state index is 0.613. The zero-order chi connectivity index (χ0) is 17.4. The third kappa shape index (κ3) is 3.12. The molecular weight excluding hydrogens is 418 g/mol. The van der Waals surface area contributed by atoms with Crippen LogP contribution in [-0.2, 0) is 13.0 Å². The molecule has 0 spiro atoms. The molecule has 0 bridgehead atoms. The Hall–Kier alpha value is -2.03. The molecule has 0 fully saturated rings. The van der Waals surface area contributed by atoms with Gasteiger partial charge in [-0.2, -0.15) is 5.10 Å². The molecule has 5 nitrogen and oxygen atoms in total. The van der Waals surface area contributed by atoms with Crippen molar-refractivity contribution in [3.8, 4) is 11.3 Å². The number of benzene rings is 1. The van der Waals surface area contributed by atoms with Crippen LogP contribution in [0.25, 0.3) is 16.2 Å². The van der Waals surface area contributed by atoms with Crippen molar-refractivity contribution >= 4 is 44.4 Å². The van der Waals surface area contributed by atoms with Gasteiger partial charge in [0.15, 0.2) is 9.73 Å². The lowest BCUT2D eigenvalue weighted by molar-refractivity contribution is 0.742. The third-order valence-electron chi connectivity index (χ3n) is 3.91. The highest BCUT2D eigenvalue weighted by atomic mass is 79.9. The highest BCUT2D eigenvalue weighted by molar-refractivity contribution is 9.10. The normalized spacial score (nSPS) is 11.2. The average Bonchev–Trinajstić information content (AvgIpc) is 3.27. The predicted octanol–water partition coefficient (Wildman–Crippen LogP) is 4.86. The van der Waals surface area contributed by atoms with E-state index in [2.05, 4.69) is 60.8 Å². The van der Waals surface area contributed by atoms with Gasteiger partial charge < -0.3 is 0 Å². The minimum absolute atomic E-state index is 0.613. The van der Waals surface area contributed by atoms with Crippen LogP contribution >= 0.6 is 39.5 Å². The van der Waals surface area contributed by atoms with E-state index in [4.69, 9.17) is 17.2 Å². The molecule has 0 aliphatic carbocycles. The zero-order valence-electron chi connectivity index (χ0n) is 13.1. The first-order valence-corrected chi connectivity index (χ1v) is 9.70. The van der Waals surface area contributed by atoms with E-state index in [1.54, 1.807) is 11.3 Å². The number of H-pyrrole nitrogens is 1. The number of nitrogens with zero attached hydrogens (tertiary/aromatic N) is 4. The fourth-order valence-corrected chi connectivity index (χ4v) is 4.04. The fraction of sp³-hybridized carbons (Fsp3) is 0.118. The monoisotopic (exact) mass is 431 g/mol. The molecule has 0 saturated carbocycles. The maximum Gasteiger partial charge on any atom is 0.195 e. The Morgan fingerprint density at radius 1 is 1.32 bits per heavy atom. The second kappa shape index (κ2) is 6.70. The number of aromatic amines is 1. The lowest BCUT2D eigenvalue weighted by atomic mass is 10.2. The van der Waals surface area contributed by atoms with E-state index in [-0.39, 0.29) is 0 Å². The molecule has 1 N–H and O–H groups in total. The van der Waals surface area contributed by atoms with Crippen molar-refractivity contribution in [2.75, 3.05) is 0 Å². The maximum absolute atomic E-state index is 5.29. The SMILES string of the molecule is C=CCn1c(Cc2csc3nc(-c4ccc(Br)cc4)cn23)n[nH]c1=S. The number of halogens is 1. The molecule has 0 unspecified atom stereocenters. The molecule has 0 radical (unpaired) electrons. The van der Waals surface area contributed by atoms with E-state index < -0.39 is 0 Å². The maximum atomic E-state index is 5.29. The summed E-state index contributed by atoms with van der Waals surface area (Å²) in [6, 6.07) is 8.17. The number of imidazole rings is 1. The van der Waals surface area contributed by atoms with Crippen molar-refractivity contribution in [3.05, 3.63) is 69.3 Å². The van der Waals surface area contributed by atoms with E-state index in [0.717, 1.165) is 32.2 Å². The molecule has 4 aromatic rings. The Morgan fingerprint density at radius 3 is 2.88 bits per heavy atom. The summed E-state index contributed by atoms with van der Waals surface area (Å²) >= 11 is 10.4. The molecule has 25 heavy (non-hydrogen) atoms. The van der Waals surface area contributed by atoms with Gasteiger partial charge in [-0.1, -0.05) is 34.1 Å². The number of hydrogen-bond donors (Lipinski definition) is 1. The Balaban J connectivity index is 1.70. The summed E-state index contributed by atoms with van der Waals surface area (Å²) in [6.45, 7) is 4.43. The van der Waals surface area contributed by atoms with Crippen LogP contribution in [0, 0.1) is 4.77 Å². The lowest BCUT2D eigenvalue weighted by Gasteiger charge is -2.03. The van der Waals surface area contributed by atoms with Crippen molar-refractivity contribution in [2.45, 2.75) is 13.0 Å². The summed E-state index contributed by atoms with van der Waals surface area (Å²) in [5.41, 5.74) is 3.19. The number of thiazole rings is 1. The Bertz CT molecular complexity index is 1100. The zero-order valence-corrected chi connectivity index (χ0v) is 16.4. The number of allylic oxidation sites excluding steroid dienone is 1. The highest BCUT2D eigenvalue weighted by Crippen LogP contribution is 2.25. The summed E-state index contributed by atoms with van der Waals surface area (Å²) in [5.74, 6) is 0.892. The second-order valence-electron chi connectivity index (χ2n) is 5.53. The van der Waals surface area contributed by atoms with E-state index in [9.17, 15) is 0 Å². The highest BCUT2D eigenvalue weighted by Gasteiger charge is 2.13. The standard InChI is InChI=1S/C17H14BrN5S2/c1-2-7-22-15(20-21-16(22)24)8-13-10-25-17-19-14(9-23(13)17)11-3-5-12(18)6-4-11/h2-6,9-10H,1,7-8H2,(H,21,24). The van der Waals surface area contributed by atoms with E-state index in [1.165, 1.54) is 0 Å². The van der Waals surface area contributed by atoms with Crippen molar-refractivity contribution in [1.29, 1.82) is 0 Å². The number of rotatable bonds is 5. The van der Waals surface area contributed by atoms with Crippen LogP contribution in [0.5, 0.6) is 0 Å². The first kappa shape index (κ1) is 16.4. The molecule has 3 aromatic heterocycles. The average molecular weight is 432 g/mol. The molecule has 0 amide bonds. The molecule has 3 heterocycles. The van der Waals surface area contributed by atoms with Crippen LogP contribution in [0.3, 0.4) is 0 Å². The molecule has 0 saturated heterocycles. The first-order chi connectivity index (χ1) is 12.2. The number of aromatic nitrogens is 5. The topological polar surface area (TPSA) is 50.9 Å². The van der Waals surface area contributed by atoms with E-state index >= 15 is 0 Å². The van der Waals surface area contributed by atoms with Crippen molar-refractivity contribution in [3.63, 3.8) is 0 Å². The minimum Gasteiger partial charge on any atom is -0.300 e. The molecule has 1 aromatic carbocycles. The molecule has 126 valence electrons. The van der Waals surface area contributed by atoms with Crippen LogP contribution in [0.15, 0.2) is 53.0 Å². The van der Waals surface area contributed by atoms with E-state index in [1.807, 2.05) is 22.8 Å². The first-order valence-electron chi connectivity index (χ1n) is 7.62. The van der Waals surface area contributed by atoms with Gasteiger partial charge in [-0.25, -0.2) is 4.98 Å². The molecule has 8 heteroatoms. The van der Waals surface area contributed by atoms with Gasteiger partial charge in [-0.05, 0) is 24.4 Å². The molecule has 0 aliphatic heterocycles. The molecule has 0 atom stereocenters. The van der Waals surface area contributed by atoms with Gasteiger partial charge in [0.1, 0.15) is 5.82 Å². The van der Waals surface area contributed by atoms with Crippen LogP contribution in [-0.4, -0.2) is 24.1 Å².